The maximum absolute atomic E-state index is 6.26. The first kappa shape index (κ1) is 18.1. The highest BCUT2D eigenvalue weighted by Crippen LogP contribution is 2.41. The van der Waals surface area contributed by atoms with Crippen molar-refractivity contribution in [1.82, 2.24) is 20.1 Å². The van der Waals surface area contributed by atoms with E-state index in [2.05, 4.69) is 49.2 Å². The number of hydrogen-bond donors (Lipinski definition) is 0. The lowest BCUT2D eigenvalue weighted by Gasteiger charge is -2.46. The van der Waals surface area contributed by atoms with E-state index in [0.717, 1.165) is 63.5 Å². The fourth-order valence-electron chi connectivity index (χ4n) is 5.34. The Labute approximate surface area is 174 Å². The quantitative estimate of drug-likeness (QED) is 0.653. The van der Waals surface area contributed by atoms with Crippen molar-refractivity contribution in [3.8, 4) is 11.5 Å². The molecular weight excluding hydrogens is 382 g/mol. The molecule has 5 heterocycles. The molecule has 0 unspecified atom stereocenters. The Bertz CT molecular complexity index is 976. The van der Waals surface area contributed by atoms with Crippen LogP contribution < -0.4 is 4.90 Å². The monoisotopic (exact) mass is 407 g/mol. The second-order valence-electron chi connectivity index (χ2n) is 8.66. The summed E-state index contributed by atoms with van der Waals surface area (Å²) in [5, 5.41) is 7.76. The molecule has 1 atom stereocenters. The first-order valence-corrected chi connectivity index (χ1v) is 10.7. The van der Waals surface area contributed by atoms with Gasteiger partial charge in [-0.1, -0.05) is 23.3 Å². The number of piperidine rings is 1. The minimum atomic E-state index is -0.0481. The van der Waals surface area contributed by atoms with Gasteiger partial charge in [-0.25, -0.2) is 4.98 Å². The van der Waals surface area contributed by atoms with Crippen molar-refractivity contribution in [3.63, 3.8) is 0 Å². The maximum atomic E-state index is 6.26. The van der Waals surface area contributed by atoms with E-state index in [4.69, 9.17) is 13.6 Å². The van der Waals surface area contributed by atoms with Crippen LogP contribution in [0.3, 0.4) is 0 Å². The van der Waals surface area contributed by atoms with Gasteiger partial charge in [-0.15, -0.1) is 5.10 Å². The Kier molecular flexibility index (Phi) is 4.35. The summed E-state index contributed by atoms with van der Waals surface area (Å²) in [6, 6.07) is 9.62. The molecule has 0 N–H and O–H groups in total. The van der Waals surface area contributed by atoms with E-state index in [1.165, 1.54) is 12.0 Å². The lowest BCUT2D eigenvalue weighted by molar-refractivity contribution is -0.0216. The van der Waals surface area contributed by atoms with Gasteiger partial charge in [-0.2, -0.15) is 0 Å². The summed E-state index contributed by atoms with van der Waals surface area (Å²) < 4.78 is 17.1. The van der Waals surface area contributed by atoms with Crippen LogP contribution in [-0.4, -0.2) is 64.5 Å². The number of ether oxygens (including phenoxy) is 1. The molecule has 0 bridgehead atoms. The van der Waals surface area contributed by atoms with Crippen LogP contribution in [-0.2, 0) is 4.74 Å². The predicted molar refractivity (Wildman–Crippen MR) is 109 cm³/mol. The van der Waals surface area contributed by atoms with Crippen LogP contribution in [0.2, 0.25) is 0 Å². The topological polar surface area (TPSA) is 80.7 Å². The van der Waals surface area contributed by atoms with Gasteiger partial charge in [-0.05, 0) is 49.9 Å². The zero-order valence-electron chi connectivity index (χ0n) is 16.8. The Balaban J connectivity index is 1.07. The van der Waals surface area contributed by atoms with E-state index in [1.54, 1.807) is 12.5 Å². The maximum Gasteiger partial charge on any atom is 0.318 e. The molecule has 3 aliphatic heterocycles. The Morgan fingerprint density at radius 3 is 2.70 bits per heavy atom. The number of oxazole rings is 1. The number of anilines is 1. The molecule has 8 nitrogen and oxygen atoms in total. The van der Waals surface area contributed by atoms with E-state index >= 15 is 0 Å². The van der Waals surface area contributed by atoms with Gasteiger partial charge in [0.15, 0.2) is 0 Å². The van der Waals surface area contributed by atoms with E-state index in [9.17, 15) is 0 Å². The summed E-state index contributed by atoms with van der Waals surface area (Å²) in [4.78, 5) is 9.08. The standard InChI is InChI=1S/C22H25N5O3/c1-2-4-19(20-23-7-10-28-20)18(3-1)16-5-8-26(9-6-16)17-11-22(30-12-17)13-27(14-22)21-25-24-15-29-21/h1-4,7,10,15-17H,5-6,8-9,11-14H2/t17-/m0/s1. The van der Waals surface area contributed by atoms with Gasteiger partial charge >= 0.3 is 6.01 Å². The van der Waals surface area contributed by atoms with Gasteiger partial charge in [0.25, 0.3) is 0 Å². The van der Waals surface area contributed by atoms with Gasteiger partial charge in [0.2, 0.25) is 12.3 Å². The van der Waals surface area contributed by atoms with Crippen LogP contribution in [0.25, 0.3) is 11.5 Å². The third-order valence-electron chi connectivity index (χ3n) is 6.88. The molecule has 3 fully saturated rings. The van der Waals surface area contributed by atoms with Gasteiger partial charge in [-0.3, -0.25) is 4.90 Å². The molecular formula is C22H25N5O3. The van der Waals surface area contributed by atoms with Gasteiger partial charge in [0, 0.05) is 11.6 Å². The van der Waals surface area contributed by atoms with Crippen molar-refractivity contribution in [3.05, 3.63) is 48.7 Å². The van der Waals surface area contributed by atoms with Crippen molar-refractivity contribution in [2.24, 2.45) is 0 Å². The van der Waals surface area contributed by atoms with Gasteiger partial charge in [0.05, 0.1) is 25.9 Å². The van der Waals surface area contributed by atoms with Crippen LogP contribution in [0.5, 0.6) is 0 Å². The van der Waals surface area contributed by atoms with E-state index in [-0.39, 0.29) is 5.60 Å². The normalized spacial score (nSPS) is 24.4. The third kappa shape index (κ3) is 3.11. The first-order valence-electron chi connectivity index (χ1n) is 10.7. The average Bonchev–Trinajstić information content (AvgIpc) is 3.54. The molecule has 3 aliphatic rings. The zero-order valence-corrected chi connectivity index (χ0v) is 16.8. The van der Waals surface area contributed by atoms with Crippen LogP contribution in [0.1, 0.15) is 30.7 Å². The lowest BCUT2D eigenvalue weighted by atomic mass is 9.85. The minimum absolute atomic E-state index is 0.0481. The highest BCUT2D eigenvalue weighted by Gasteiger charge is 2.52. The second kappa shape index (κ2) is 7.21. The summed E-state index contributed by atoms with van der Waals surface area (Å²) >= 11 is 0. The van der Waals surface area contributed by atoms with Gasteiger partial charge in [0.1, 0.15) is 11.9 Å². The van der Waals surface area contributed by atoms with Crippen LogP contribution in [0, 0.1) is 0 Å². The van der Waals surface area contributed by atoms with Crippen LogP contribution in [0.4, 0.5) is 6.01 Å². The Morgan fingerprint density at radius 2 is 1.93 bits per heavy atom. The fourth-order valence-corrected chi connectivity index (χ4v) is 5.34. The molecule has 3 aromatic rings. The molecule has 2 aromatic heterocycles. The Hall–Kier alpha value is -2.71. The molecule has 0 aliphatic carbocycles. The van der Waals surface area contributed by atoms with Gasteiger partial charge < -0.3 is 18.5 Å². The van der Waals surface area contributed by atoms with E-state index < -0.39 is 0 Å². The van der Waals surface area contributed by atoms with Crippen molar-refractivity contribution in [2.75, 3.05) is 37.7 Å². The number of rotatable bonds is 4. The molecule has 0 saturated carbocycles. The third-order valence-corrected chi connectivity index (χ3v) is 6.88. The average molecular weight is 407 g/mol. The molecule has 6 rings (SSSR count). The molecule has 0 amide bonds. The Morgan fingerprint density at radius 1 is 1.07 bits per heavy atom. The summed E-state index contributed by atoms with van der Waals surface area (Å²) in [5.41, 5.74) is 2.43. The summed E-state index contributed by atoms with van der Waals surface area (Å²) in [7, 11) is 0. The number of benzene rings is 1. The summed E-state index contributed by atoms with van der Waals surface area (Å²) in [6.45, 7) is 4.69. The fraction of sp³-hybridized carbons (Fsp3) is 0.500. The van der Waals surface area contributed by atoms with Crippen molar-refractivity contribution >= 4 is 6.01 Å². The van der Waals surface area contributed by atoms with Crippen LogP contribution in [0.15, 0.2) is 52.0 Å². The minimum Gasteiger partial charge on any atom is -0.445 e. The first-order chi connectivity index (χ1) is 14.8. The summed E-state index contributed by atoms with van der Waals surface area (Å²) in [6.07, 6.45) is 8.11. The SMILES string of the molecule is c1ccc(C2CCN([C@@H]3COC4(C3)CN(c3nnco3)C4)CC2)c(-c2ncco2)c1. The zero-order chi connectivity index (χ0) is 20.0. The number of hydrogen-bond acceptors (Lipinski definition) is 8. The lowest BCUT2D eigenvalue weighted by Crippen LogP contribution is -2.62. The molecule has 156 valence electrons. The van der Waals surface area contributed by atoms with Crippen molar-refractivity contribution in [1.29, 1.82) is 0 Å². The van der Waals surface area contributed by atoms with E-state index in [0.29, 0.717) is 18.0 Å². The summed E-state index contributed by atoms with van der Waals surface area (Å²) in [5.74, 6) is 1.26. The molecule has 1 spiro atoms. The second-order valence-corrected chi connectivity index (χ2v) is 8.66. The van der Waals surface area contributed by atoms with E-state index in [1.807, 2.05) is 0 Å². The number of likely N-dealkylation sites (tertiary alicyclic amines) is 1. The molecule has 8 heteroatoms. The number of aromatic nitrogens is 3. The van der Waals surface area contributed by atoms with Crippen molar-refractivity contribution in [2.45, 2.75) is 36.8 Å². The predicted octanol–water partition coefficient (Wildman–Crippen LogP) is 2.95. The highest BCUT2D eigenvalue weighted by atomic mass is 16.5. The molecule has 30 heavy (non-hydrogen) atoms. The number of nitrogens with zero attached hydrogens (tertiary/aromatic N) is 5. The smallest absolute Gasteiger partial charge is 0.318 e. The van der Waals surface area contributed by atoms with Crippen LogP contribution >= 0.6 is 0 Å². The van der Waals surface area contributed by atoms with Crippen molar-refractivity contribution < 1.29 is 13.6 Å². The molecule has 3 saturated heterocycles. The largest absolute Gasteiger partial charge is 0.445 e. The molecule has 0 radical (unpaired) electrons. The highest BCUT2D eigenvalue weighted by molar-refractivity contribution is 5.59. The molecule has 1 aromatic carbocycles.